The normalized spacial score (nSPS) is 28.2. The van der Waals surface area contributed by atoms with Gasteiger partial charge in [-0.2, -0.15) is 0 Å². The smallest absolute Gasteiger partial charge is 0.00953 e. The molecule has 0 amide bonds. The Morgan fingerprint density at radius 1 is 1.20 bits per heavy atom. The van der Waals surface area contributed by atoms with Crippen molar-refractivity contribution in [3.8, 4) is 0 Å². The Morgan fingerprint density at radius 2 is 2.00 bits per heavy atom. The molecule has 3 atom stereocenters. The minimum Gasteiger partial charge on any atom is -0.314 e. The summed E-state index contributed by atoms with van der Waals surface area (Å²) in [7, 11) is 0. The first-order valence-corrected chi connectivity index (χ1v) is 7.01. The van der Waals surface area contributed by atoms with E-state index in [1.165, 1.54) is 44.9 Å². The van der Waals surface area contributed by atoms with Gasteiger partial charge in [0.1, 0.15) is 0 Å². The zero-order valence-electron chi connectivity index (χ0n) is 10.9. The average Bonchev–Trinajstić information content (AvgIpc) is 2.64. The van der Waals surface area contributed by atoms with Gasteiger partial charge in [-0.05, 0) is 37.6 Å². The van der Waals surface area contributed by atoms with Gasteiger partial charge in [0.05, 0.1) is 0 Å². The molecule has 0 spiro atoms. The molecule has 1 aliphatic carbocycles. The monoisotopic (exact) mass is 211 g/mol. The molecule has 1 rings (SSSR count). The summed E-state index contributed by atoms with van der Waals surface area (Å²) in [6.07, 6.45) is 9.96. The van der Waals surface area contributed by atoms with Crippen molar-refractivity contribution in [3.63, 3.8) is 0 Å². The first kappa shape index (κ1) is 13.0. The maximum atomic E-state index is 3.70. The van der Waals surface area contributed by atoms with Crippen molar-refractivity contribution in [3.05, 3.63) is 0 Å². The third kappa shape index (κ3) is 4.55. The van der Waals surface area contributed by atoms with Crippen LogP contribution in [0, 0.1) is 11.8 Å². The highest BCUT2D eigenvalue weighted by Crippen LogP contribution is 2.34. The summed E-state index contributed by atoms with van der Waals surface area (Å²) in [5, 5.41) is 3.70. The molecule has 1 N–H and O–H groups in total. The summed E-state index contributed by atoms with van der Waals surface area (Å²) < 4.78 is 0. The van der Waals surface area contributed by atoms with E-state index in [-0.39, 0.29) is 0 Å². The van der Waals surface area contributed by atoms with Gasteiger partial charge in [-0.15, -0.1) is 0 Å². The third-order valence-electron chi connectivity index (χ3n) is 3.89. The van der Waals surface area contributed by atoms with Crippen LogP contribution in [0.15, 0.2) is 0 Å². The van der Waals surface area contributed by atoms with Crippen LogP contribution in [0.5, 0.6) is 0 Å². The molecule has 0 aromatic carbocycles. The van der Waals surface area contributed by atoms with Gasteiger partial charge in [-0.25, -0.2) is 0 Å². The molecular weight excluding hydrogens is 182 g/mol. The van der Waals surface area contributed by atoms with Gasteiger partial charge >= 0.3 is 0 Å². The van der Waals surface area contributed by atoms with Crippen LogP contribution in [0.4, 0.5) is 0 Å². The van der Waals surface area contributed by atoms with Crippen molar-refractivity contribution in [2.24, 2.45) is 11.8 Å². The van der Waals surface area contributed by atoms with Crippen LogP contribution in [-0.4, -0.2) is 12.6 Å². The summed E-state index contributed by atoms with van der Waals surface area (Å²) in [4.78, 5) is 0. The molecule has 1 saturated carbocycles. The zero-order chi connectivity index (χ0) is 11.1. The van der Waals surface area contributed by atoms with Crippen LogP contribution in [0.3, 0.4) is 0 Å². The summed E-state index contributed by atoms with van der Waals surface area (Å²) in [5.41, 5.74) is 0. The van der Waals surface area contributed by atoms with Crippen LogP contribution < -0.4 is 5.32 Å². The molecule has 0 aromatic heterocycles. The van der Waals surface area contributed by atoms with Crippen molar-refractivity contribution < 1.29 is 0 Å². The first-order chi connectivity index (χ1) is 7.27. The summed E-state index contributed by atoms with van der Waals surface area (Å²) >= 11 is 0. The number of unbranched alkanes of at least 4 members (excludes halogenated alkanes) is 2. The van der Waals surface area contributed by atoms with Crippen LogP contribution >= 0.6 is 0 Å². The minimum atomic E-state index is 0.812. The average molecular weight is 211 g/mol. The number of rotatable bonds is 7. The molecule has 0 heterocycles. The van der Waals surface area contributed by atoms with Crippen molar-refractivity contribution in [1.82, 2.24) is 5.32 Å². The van der Waals surface area contributed by atoms with Crippen molar-refractivity contribution >= 4 is 0 Å². The van der Waals surface area contributed by atoms with Gasteiger partial charge in [-0.3, -0.25) is 0 Å². The van der Waals surface area contributed by atoms with Gasteiger partial charge < -0.3 is 5.32 Å². The highest BCUT2D eigenvalue weighted by molar-refractivity contribution is 4.83. The molecule has 15 heavy (non-hydrogen) atoms. The van der Waals surface area contributed by atoms with Gasteiger partial charge in [0.25, 0.3) is 0 Å². The third-order valence-corrected chi connectivity index (χ3v) is 3.89. The van der Waals surface area contributed by atoms with E-state index in [2.05, 4.69) is 26.1 Å². The van der Waals surface area contributed by atoms with Gasteiger partial charge in [0.2, 0.25) is 0 Å². The topological polar surface area (TPSA) is 12.0 Å². The second-order valence-electron chi connectivity index (χ2n) is 5.34. The van der Waals surface area contributed by atoms with E-state index in [1.54, 1.807) is 0 Å². The summed E-state index contributed by atoms with van der Waals surface area (Å²) in [5.74, 6) is 1.94. The zero-order valence-corrected chi connectivity index (χ0v) is 10.9. The van der Waals surface area contributed by atoms with Gasteiger partial charge in [0, 0.05) is 6.04 Å². The van der Waals surface area contributed by atoms with Crippen molar-refractivity contribution in [2.75, 3.05) is 6.54 Å². The molecule has 1 heteroatoms. The van der Waals surface area contributed by atoms with E-state index >= 15 is 0 Å². The largest absolute Gasteiger partial charge is 0.314 e. The van der Waals surface area contributed by atoms with E-state index in [9.17, 15) is 0 Å². The number of hydrogen-bond donors (Lipinski definition) is 1. The van der Waals surface area contributed by atoms with E-state index < -0.39 is 0 Å². The van der Waals surface area contributed by atoms with Crippen LogP contribution in [0.2, 0.25) is 0 Å². The molecular formula is C14H29N. The lowest BCUT2D eigenvalue weighted by Crippen LogP contribution is -2.35. The Hall–Kier alpha value is -0.0400. The van der Waals surface area contributed by atoms with Crippen molar-refractivity contribution in [2.45, 2.75) is 71.8 Å². The Bertz CT molecular complexity index is 155. The quantitative estimate of drug-likeness (QED) is 0.628. The Labute approximate surface area is 96.0 Å². The molecule has 3 unspecified atom stereocenters. The Morgan fingerprint density at radius 3 is 2.53 bits per heavy atom. The highest BCUT2D eigenvalue weighted by atomic mass is 14.9. The fourth-order valence-corrected chi connectivity index (χ4v) is 3.00. The highest BCUT2D eigenvalue weighted by Gasteiger charge is 2.27. The van der Waals surface area contributed by atoms with Crippen molar-refractivity contribution in [1.29, 1.82) is 0 Å². The van der Waals surface area contributed by atoms with Crippen LogP contribution in [0.1, 0.15) is 65.7 Å². The lowest BCUT2D eigenvalue weighted by molar-refractivity contribution is 0.330. The van der Waals surface area contributed by atoms with Gasteiger partial charge in [0.15, 0.2) is 0 Å². The molecule has 1 fully saturated rings. The predicted molar refractivity (Wildman–Crippen MR) is 68.1 cm³/mol. The van der Waals surface area contributed by atoms with E-state index in [0.29, 0.717) is 0 Å². The van der Waals surface area contributed by atoms with Crippen LogP contribution in [-0.2, 0) is 0 Å². The van der Waals surface area contributed by atoms with E-state index in [4.69, 9.17) is 0 Å². The fourth-order valence-electron chi connectivity index (χ4n) is 3.00. The molecule has 0 saturated heterocycles. The van der Waals surface area contributed by atoms with Gasteiger partial charge in [-0.1, -0.05) is 46.5 Å². The second kappa shape index (κ2) is 7.27. The Balaban J connectivity index is 2.28. The Kier molecular flexibility index (Phi) is 6.31. The lowest BCUT2D eigenvalue weighted by atomic mass is 9.92. The first-order valence-electron chi connectivity index (χ1n) is 7.01. The maximum Gasteiger partial charge on any atom is 0.00953 e. The van der Waals surface area contributed by atoms with E-state index in [0.717, 1.165) is 24.4 Å². The number of nitrogens with one attached hydrogen (secondary N) is 1. The molecule has 0 bridgehead atoms. The SMILES string of the molecule is CCCCCC(NCC)C1CCC(C)C1. The van der Waals surface area contributed by atoms with E-state index in [1.807, 2.05) is 0 Å². The molecule has 0 radical (unpaired) electrons. The molecule has 0 aliphatic heterocycles. The summed E-state index contributed by atoms with van der Waals surface area (Å²) in [6.45, 7) is 8.09. The predicted octanol–water partition coefficient (Wildman–Crippen LogP) is 3.98. The standard InChI is InChI=1S/C14H29N/c1-4-6-7-8-14(15-5-2)13-10-9-12(3)11-13/h12-15H,4-11H2,1-3H3. The van der Waals surface area contributed by atoms with Crippen LogP contribution in [0.25, 0.3) is 0 Å². The molecule has 90 valence electrons. The minimum absolute atomic E-state index is 0.812. The second-order valence-corrected chi connectivity index (χ2v) is 5.34. The molecule has 1 aliphatic rings. The molecule has 1 nitrogen and oxygen atoms in total. The fraction of sp³-hybridized carbons (Fsp3) is 1.00. The molecule has 0 aromatic rings. The lowest BCUT2D eigenvalue weighted by Gasteiger charge is -2.24. The number of hydrogen-bond acceptors (Lipinski definition) is 1. The maximum absolute atomic E-state index is 3.70. The summed E-state index contributed by atoms with van der Waals surface area (Å²) in [6, 6.07) is 0.812.